The second-order valence-corrected chi connectivity index (χ2v) is 10.2. The Morgan fingerprint density at radius 3 is 2.81 bits per heavy atom. The SMILES string of the molecule is CNC(=O)N1CCc2c(N3CCOCC3)nn(C3=CC=CC4CN(c5cnn(C)c5)CCCC34)c2C1. The predicted molar refractivity (Wildman–Crippen MR) is 139 cm³/mol. The van der Waals surface area contributed by atoms with Crippen LogP contribution in [0.2, 0.25) is 0 Å². The van der Waals surface area contributed by atoms with Crippen LogP contribution in [-0.2, 0) is 24.8 Å². The number of allylic oxidation sites excluding steroid dienone is 3. The van der Waals surface area contributed by atoms with Crippen LogP contribution in [0.4, 0.5) is 16.3 Å². The third-order valence-electron chi connectivity index (χ3n) is 8.05. The molecular weight excluding hydrogens is 456 g/mol. The zero-order valence-corrected chi connectivity index (χ0v) is 21.3. The molecular formula is C26H36N8O2. The minimum absolute atomic E-state index is 0.0294. The number of carbonyl (C=O) groups is 1. The van der Waals surface area contributed by atoms with Crippen LogP contribution >= 0.6 is 0 Å². The highest BCUT2D eigenvalue weighted by Gasteiger charge is 2.36. The lowest BCUT2D eigenvalue weighted by molar-refractivity contribution is 0.122. The Balaban J connectivity index is 1.34. The van der Waals surface area contributed by atoms with Crippen LogP contribution in [0.25, 0.3) is 5.70 Å². The Morgan fingerprint density at radius 1 is 1.17 bits per heavy atom. The van der Waals surface area contributed by atoms with Gasteiger partial charge in [0, 0.05) is 76.1 Å². The summed E-state index contributed by atoms with van der Waals surface area (Å²) in [7, 11) is 3.67. The van der Waals surface area contributed by atoms with Gasteiger partial charge in [-0.1, -0.05) is 12.2 Å². The van der Waals surface area contributed by atoms with E-state index in [0.29, 0.717) is 24.9 Å². The number of amides is 2. The Hall–Kier alpha value is -3.27. The van der Waals surface area contributed by atoms with Crippen molar-refractivity contribution in [1.82, 2.24) is 29.8 Å². The molecule has 0 saturated carbocycles. The van der Waals surface area contributed by atoms with Gasteiger partial charge in [0.05, 0.1) is 37.3 Å². The molecule has 2 unspecified atom stereocenters. The Morgan fingerprint density at radius 2 is 2.03 bits per heavy atom. The maximum absolute atomic E-state index is 12.5. The number of anilines is 2. The smallest absolute Gasteiger partial charge is 0.317 e. The first kappa shape index (κ1) is 23.1. The largest absolute Gasteiger partial charge is 0.378 e. The van der Waals surface area contributed by atoms with Crippen molar-refractivity contribution in [3.05, 3.63) is 41.9 Å². The number of hydrogen-bond acceptors (Lipinski definition) is 6. The number of carbonyl (C=O) groups excluding carboxylic acids is 1. The molecule has 2 atom stereocenters. The van der Waals surface area contributed by atoms with Gasteiger partial charge >= 0.3 is 6.03 Å². The molecule has 0 bridgehead atoms. The van der Waals surface area contributed by atoms with E-state index in [1.165, 1.54) is 16.9 Å². The number of nitrogens with zero attached hydrogens (tertiary/aromatic N) is 7. The molecule has 36 heavy (non-hydrogen) atoms. The summed E-state index contributed by atoms with van der Waals surface area (Å²) in [6, 6.07) is -0.0294. The molecule has 3 aliphatic heterocycles. The van der Waals surface area contributed by atoms with Crippen molar-refractivity contribution in [3.63, 3.8) is 0 Å². The molecule has 2 aromatic rings. The van der Waals surface area contributed by atoms with Crippen LogP contribution in [0.3, 0.4) is 0 Å². The molecule has 2 fully saturated rings. The van der Waals surface area contributed by atoms with Gasteiger partial charge in [0.25, 0.3) is 0 Å². The summed E-state index contributed by atoms with van der Waals surface area (Å²) in [5.41, 5.74) is 4.88. The second-order valence-electron chi connectivity index (χ2n) is 10.2. The third-order valence-corrected chi connectivity index (χ3v) is 8.05. The van der Waals surface area contributed by atoms with E-state index in [4.69, 9.17) is 9.84 Å². The standard InChI is InChI=1S/C26H36N8O2/c1-27-26(35)33-10-8-22-24(18-33)34(29-25(22)31-11-13-36-14-12-31)23-7-3-5-19-16-32(9-4-6-21(19)23)20-15-28-30(2)17-20/h3,5,7,15,17,19,21H,4,6,8-14,16,18H2,1-2H3,(H,27,35). The Bertz CT molecular complexity index is 1170. The van der Waals surface area contributed by atoms with E-state index < -0.39 is 0 Å². The number of hydrogen-bond donors (Lipinski definition) is 1. The molecule has 1 N–H and O–H groups in total. The quantitative estimate of drug-likeness (QED) is 0.707. The van der Waals surface area contributed by atoms with Gasteiger partial charge in [0.2, 0.25) is 0 Å². The van der Waals surface area contributed by atoms with Crippen molar-refractivity contribution in [3.8, 4) is 0 Å². The molecule has 10 heteroatoms. The zero-order chi connectivity index (χ0) is 24.6. The normalized spacial score (nSPS) is 24.2. The predicted octanol–water partition coefficient (Wildman–Crippen LogP) is 2.09. The molecule has 2 amide bonds. The van der Waals surface area contributed by atoms with Crippen molar-refractivity contribution < 1.29 is 9.53 Å². The maximum atomic E-state index is 12.5. The first-order valence-corrected chi connectivity index (χ1v) is 13.1. The molecule has 0 aromatic carbocycles. The summed E-state index contributed by atoms with van der Waals surface area (Å²) >= 11 is 0. The van der Waals surface area contributed by atoms with Crippen molar-refractivity contribution in [2.75, 3.05) is 62.8 Å². The fourth-order valence-electron chi connectivity index (χ4n) is 6.18. The number of rotatable bonds is 3. The van der Waals surface area contributed by atoms with Crippen molar-refractivity contribution in [2.45, 2.75) is 25.8 Å². The average Bonchev–Trinajstić information content (AvgIpc) is 3.44. The fraction of sp³-hybridized carbons (Fsp3) is 0.577. The van der Waals surface area contributed by atoms with E-state index >= 15 is 0 Å². The van der Waals surface area contributed by atoms with E-state index in [-0.39, 0.29) is 6.03 Å². The summed E-state index contributed by atoms with van der Waals surface area (Å²) < 4.78 is 9.68. The minimum Gasteiger partial charge on any atom is -0.378 e. The lowest BCUT2D eigenvalue weighted by Gasteiger charge is -2.32. The van der Waals surface area contributed by atoms with Gasteiger partial charge in [0.1, 0.15) is 0 Å². The molecule has 192 valence electrons. The summed E-state index contributed by atoms with van der Waals surface area (Å²) in [5.74, 6) is 1.86. The molecule has 0 radical (unpaired) electrons. The topological polar surface area (TPSA) is 83.7 Å². The van der Waals surface area contributed by atoms with Crippen LogP contribution in [-0.4, -0.2) is 83.5 Å². The molecule has 2 aromatic heterocycles. The Kier molecular flexibility index (Phi) is 6.20. The number of nitrogens with one attached hydrogen (secondary N) is 1. The number of ether oxygens (including phenoxy) is 1. The lowest BCUT2D eigenvalue weighted by Crippen LogP contribution is -2.42. The molecule has 6 rings (SSSR count). The van der Waals surface area contributed by atoms with E-state index in [1.54, 1.807) is 7.05 Å². The van der Waals surface area contributed by atoms with Crippen LogP contribution in [0.1, 0.15) is 24.1 Å². The highest BCUT2D eigenvalue weighted by atomic mass is 16.5. The molecule has 10 nitrogen and oxygen atoms in total. The minimum atomic E-state index is -0.0294. The third kappa shape index (κ3) is 4.17. The zero-order valence-electron chi connectivity index (χ0n) is 21.3. The van der Waals surface area contributed by atoms with Gasteiger partial charge in [-0.25, -0.2) is 9.48 Å². The van der Waals surface area contributed by atoms with E-state index in [9.17, 15) is 4.79 Å². The molecule has 5 heterocycles. The van der Waals surface area contributed by atoms with E-state index in [1.807, 2.05) is 22.8 Å². The number of urea groups is 1. The summed E-state index contributed by atoms with van der Waals surface area (Å²) in [5, 5.41) is 12.5. The van der Waals surface area contributed by atoms with Crippen molar-refractivity contribution >= 4 is 23.2 Å². The maximum Gasteiger partial charge on any atom is 0.317 e. The summed E-state index contributed by atoms with van der Waals surface area (Å²) in [6.07, 6.45) is 13.9. The van der Waals surface area contributed by atoms with Crippen LogP contribution in [0.15, 0.2) is 30.6 Å². The monoisotopic (exact) mass is 492 g/mol. The van der Waals surface area contributed by atoms with Gasteiger partial charge in [-0.15, -0.1) is 5.10 Å². The highest BCUT2D eigenvalue weighted by Crippen LogP contribution is 2.40. The highest BCUT2D eigenvalue weighted by molar-refractivity contribution is 5.74. The van der Waals surface area contributed by atoms with Gasteiger partial charge < -0.3 is 24.8 Å². The molecule has 2 saturated heterocycles. The van der Waals surface area contributed by atoms with Crippen molar-refractivity contribution in [2.24, 2.45) is 18.9 Å². The van der Waals surface area contributed by atoms with Crippen LogP contribution < -0.4 is 15.1 Å². The number of aryl methyl sites for hydroxylation is 1. The van der Waals surface area contributed by atoms with Crippen molar-refractivity contribution in [1.29, 1.82) is 0 Å². The van der Waals surface area contributed by atoms with Gasteiger partial charge in [-0.3, -0.25) is 4.68 Å². The second kappa shape index (κ2) is 9.65. The number of morpholine rings is 1. The fourth-order valence-corrected chi connectivity index (χ4v) is 6.18. The Labute approximate surface area is 212 Å². The molecule has 1 aliphatic carbocycles. The molecule has 4 aliphatic rings. The van der Waals surface area contributed by atoms with Gasteiger partial charge in [-0.05, 0) is 25.3 Å². The van der Waals surface area contributed by atoms with Crippen LogP contribution in [0.5, 0.6) is 0 Å². The van der Waals surface area contributed by atoms with E-state index in [2.05, 4.69) is 49.3 Å². The van der Waals surface area contributed by atoms with Gasteiger partial charge in [0.15, 0.2) is 5.82 Å². The van der Waals surface area contributed by atoms with Gasteiger partial charge in [-0.2, -0.15) is 5.10 Å². The van der Waals surface area contributed by atoms with Crippen LogP contribution in [0, 0.1) is 11.8 Å². The van der Waals surface area contributed by atoms with E-state index in [0.717, 1.165) is 70.2 Å². The number of fused-ring (bicyclic) bond motifs is 2. The molecule has 0 spiro atoms. The summed E-state index contributed by atoms with van der Waals surface area (Å²) in [6.45, 7) is 6.45. The summed E-state index contributed by atoms with van der Waals surface area (Å²) in [4.78, 5) is 19.3. The first-order chi connectivity index (χ1) is 17.6. The first-order valence-electron chi connectivity index (χ1n) is 13.1. The average molecular weight is 493 g/mol. The lowest BCUT2D eigenvalue weighted by atomic mass is 9.83. The number of aromatic nitrogens is 4.